The predicted octanol–water partition coefficient (Wildman–Crippen LogP) is 2.96. The van der Waals surface area contributed by atoms with E-state index in [4.69, 9.17) is 4.42 Å². The third-order valence-corrected chi connectivity index (χ3v) is 5.23. The number of amides is 2. The Balaban J connectivity index is 1.89. The maximum Gasteiger partial charge on any atom is 0.286 e. The van der Waals surface area contributed by atoms with Crippen molar-refractivity contribution in [3.63, 3.8) is 0 Å². The number of hydrogen-bond donors (Lipinski definition) is 3. The number of halogens is 1. The molecule has 0 radical (unpaired) electrons. The number of aliphatic hydroxyl groups is 1. The molecule has 0 spiro atoms. The van der Waals surface area contributed by atoms with Crippen LogP contribution in [0.4, 0.5) is 4.39 Å². The smallest absolute Gasteiger partial charge is 0.286 e. The molecule has 28 heavy (non-hydrogen) atoms. The quantitative estimate of drug-likeness (QED) is 0.734. The zero-order chi connectivity index (χ0) is 20.3. The second-order valence-electron chi connectivity index (χ2n) is 7.22. The highest BCUT2D eigenvalue weighted by molar-refractivity contribution is 5.99. The topological polar surface area (TPSA) is 91.6 Å². The van der Waals surface area contributed by atoms with Gasteiger partial charge >= 0.3 is 0 Å². The number of hydrogen-bond acceptors (Lipinski definition) is 4. The van der Waals surface area contributed by atoms with Crippen molar-refractivity contribution in [2.45, 2.75) is 50.7 Å². The Kier molecular flexibility index (Phi) is 6.14. The van der Waals surface area contributed by atoms with Crippen LogP contribution >= 0.6 is 0 Å². The Hall–Kier alpha value is -2.67. The van der Waals surface area contributed by atoms with Crippen molar-refractivity contribution < 1.29 is 23.5 Å². The van der Waals surface area contributed by atoms with E-state index in [1.54, 1.807) is 19.1 Å². The van der Waals surface area contributed by atoms with Crippen molar-refractivity contribution in [2.24, 2.45) is 0 Å². The van der Waals surface area contributed by atoms with Gasteiger partial charge < -0.3 is 20.2 Å². The van der Waals surface area contributed by atoms with Gasteiger partial charge in [-0.3, -0.25) is 9.59 Å². The summed E-state index contributed by atoms with van der Waals surface area (Å²) in [6.07, 6.45) is 2.37. The summed E-state index contributed by atoms with van der Waals surface area (Å²) in [4.78, 5) is 24.9. The fourth-order valence-corrected chi connectivity index (χ4v) is 3.55. The summed E-state index contributed by atoms with van der Waals surface area (Å²) in [5.74, 6) is -1.22. The number of aliphatic hydroxyl groups excluding tert-OH is 1. The van der Waals surface area contributed by atoms with Crippen LogP contribution in [0.25, 0.3) is 0 Å². The third-order valence-electron chi connectivity index (χ3n) is 5.23. The minimum atomic E-state index is -0.437. The molecule has 1 aliphatic carbocycles. The van der Waals surface area contributed by atoms with Crippen molar-refractivity contribution in [1.29, 1.82) is 0 Å². The number of furan rings is 1. The van der Waals surface area contributed by atoms with Crippen LogP contribution in [0.5, 0.6) is 0 Å². The van der Waals surface area contributed by atoms with E-state index >= 15 is 0 Å². The van der Waals surface area contributed by atoms with Gasteiger partial charge in [0.15, 0.2) is 5.76 Å². The van der Waals surface area contributed by atoms with Crippen LogP contribution in [0.15, 0.2) is 34.7 Å². The van der Waals surface area contributed by atoms with Gasteiger partial charge in [-0.2, -0.15) is 0 Å². The highest BCUT2D eigenvalue weighted by atomic mass is 19.1. The van der Waals surface area contributed by atoms with Gasteiger partial charge in [0.1, 0.15) is 11.6 Å². The Morgan fingerprint density at radius 1 is 1.18 bits per heavy atom. The van der Waals surface area contributed by atoms with E-state index in [1.807, 2.05) is 0 Å². The highest BCUT2D eigenvalue weighted by Gasteiger charge is 2.28. The molecule has 1 fully saturated rings. The molecule has 2 aromatic rings. The molecule has 1 saturated carbocycles. The number of nitrogens with one attached hydrogen (secondary N) is 2. The molecule has 3 N–H and O–H groups in total. The summed E-state index contributed by atoms with van der Waals surface area (Å²) >= 11 is 0. The van der Waals surface area contributed by atoms with E-state index in [0.29, 0.717) is 37.0 Å². The average Bonchev–Trinajstić information content (AvgIpc) is 3.14. The summed E-state index contributed by atoms with van der Waals surface area (Å²) in [6, 6.07) is 7.47. The van der Waals surface area contributed by atoms with Crippen molar-refractivity contribution in [3.8, 4) is 0 Å². The molecule has 7 heteroatoms. The van der Waals surface area contributed by atoms with Gasteiger partial charge in [0.05, 0.1) is 11.7 Å². The van der Waals surface area contributed by atoms with Crippen LogP contribution in [0.3, 0.4) is 0 Å². The van der Waals surface area contributed by atoms with E-state index in [1.165, 1.54) is 25.2 Å². The lowest BCUT2D eigenvalue weighted by Gasteiger charge is -2.26. The Morgan fingerprint density at radius 2 is 1.89 bits per heavy atom. The molecule has 3 rings (SSSR count). The molecular weight excluding hydrogens is 363 g/mol. The van der Waals surface area contributed by atoms with Crippen LogP contribution in [0, 0.1) is 5.82 Å². The van der Waals surface area contributed by atoms with E-state index < -0.39 is 11.8 Å². The first kappa shape index (κ1) is 20.1. The van der Waals surface area contributed by atoms with Crippen molar-refractivity contribution in [1.82, 2.24) is 10.6 Å². The molecule has 1 aromatic heterocycles. The van der Waals surface area contributed by atoms with Crippen molar-refractivity contribution in [3.05, 3.63) is 58.8 Å². The Labute approximate surface area is 163 Å². The van der Waals surface area contributed by atoms with Crippen molar-refractivity contribution >= 4 is 11.8 Å². The van der Waals surface area contributed by atoms with Gasteiger partial charge in [0.2, 0.25) is 0 Å². The number of benzene rings is 1. The summed E-state index contributed by atoms with van der Waals surface area (Å²) < 4.78 is 19.4. The molecule has 1 aliphatic rings. The molecule has 0 saturated heterocycles. The van der Waals surface area contributed by atoms with Crippen LogP contribution in [-0.2, 0) is 0 Å². The maximum atomic E-state index is 13.6. The summed E-state index contributed by atoms with van der Waals surface area (Å²) in [7, 11) is 1.48. The number of rotatable bonds is 5. The van der Waals surface area contributed by atoms with Gasteiger partial charge in [-0.1, -0.05) is 19.1 Å². The van der Waals surface area contributed by atoms with Crippen LogP contribution in [0.1, 0.15) is 70.8 Å². The molecule has 6 nitrogen and oxygen atoms in total. The lowest BCUT2D eigenvalue weighted by Crippen LogP contribution is -2.38. The van der Waals surface area contributed by atoms with E-state index in [2.05, 4.69) is 10.6 Å². The molecular formula is C21H25FN2O4. The molecule has 2 amide bonds. The first-order valence-corrected chi connectivity index (χ1v) is 9.49. The minimum absolute atomic E-state index is 0.0324. The van der Waals surface area contributed by atoms with Gasteiger partial charge in [-0.25, -0.2) is 4.39 Å². The molecule has 1 aromatic carbocycles. The fraction of sp³-hybridized carbons (Fsp3) is 0.429. The monoisotopic (exact) mass is 388 g/mol. The predicted molar refractivity (Wildman–Crippen MR) is 102 cm³/mol. The van der Waals surface area contributed by atoms with Gasteiger partial charge in [0, 0.05) is 25.1 Å². The minimum Gasteiger partial charge on any atom is -0.454 e. The third kappa shape index (κ3) is 4.42. The summed E-state index contributed by atoms with van der Waals surface area (Å²) in [5.41, 5.74) is 0.911. The highest BCUT2D eigenvalue weighted by Crippen LogP contribution is 2.30. The lowest BCUT2D eigenvalue weighted by atomic mass is 9.92. The zero-order valence-electron chi connectivity index (χ0n) is 16.0. The van der Waals surface area contributed by atoms with E-state index in [-0.39, 0.29) is 35.2 Å². The van der Waals surface area contributed by atoms with Gasteiger partial charge in [0.25, 0.3) is 11.8 Å². The first-order chi connectivity index (χ1) is 13.4. The molecule has 1 atom stereocenters. The van der Waals surface area contributed by atoms with E-state index in [0.717, 1.165) is 0 Å². The Bertz CT molecular complexity index is 856. The fourth-order valence-electron chi connectivity index (χ4n) is 3.55. The molecule has 1 heterocycles. The molecule has 0 bridgehead atoms. The first-order valence-electron chi connectivity index (χ1n) is 9.49. The maximum absolute atomic E-state index is 13.6. The second kappa shape index (κ2) is 8.56. The summed E-state index contributed by atoms with van der Waals surface area (Å²) in [5, 5.41) is 15.1. The molecule has 0 aliphatic heterocycles. The van der Waals surface area contributed by atoms with Gasteiger partial charge in [-0.15, -0.1) is 0 Å². The SMILES string of the molecule is CNC(=O)c1cc(C(=O)N[C@H]2CC[C@H](O)CC2)c(C(C)c2cccc(F)c2)o1. The lowest BCUT2D eigenvalue weighted by molar-refractivity contribution is 0.0864. The standard InChI is InChI=1S/C21H25FN2O4/c1-12(13-4-3-5-14(22)10-13)19-17(11-18(28-19)21(27)23-2)20(26)24-15-6-8-16(25)9-7-15/h3-5,10-12,15-16,25H,6-9H2,1-2H3,(H,23,27)(H,24,26)/t12?,15-,16-. The van der Waals surface area contributed by atoms with Crippen LogP contribution in [0.2, 0.25) is 0 Å². The second-order valence-corrected chi connectivity index (χ2v) is 7.22. The largest absolute Gasteiger partial charge is 0.454 e. The van der Waals surface area contributed by atoms with E-state index in [9.17, 15) is 19.1 Å². The number of carbonyl (C=O) groups excluding carboxylic acids is 2. The normalized spacial score (nSPS) is 20.4. The number of carbonyl (C=O) groups is 2. The zero-order valence-corrected chi connectivity index (χ0v) is 16.0. The molecule has 150 valence electrons. The average molecular weight is 388 g/mol. The summed E-state index contributed by atoms with van der Waals surface area (Å²) in [6.45, 7) is 1.80. The van der Waals surface area contributed by atoms with Crippen molar-refractivity contribution in [2.75, 3.05) is 7.05 Å². The Morgan fingerprint density at radius 3 is 2.54 bits per heavy atom. The van der Waals surface area contributed by atoms with Crippen LogP contribution < -0.4 is 10.6 Å². The molecule has 1 unspecified atom stereocenters. The van der Waals surface area contributed by atoms with Crippen LogP contribution in [-0.4, -0.2) is 36.1 Å². The van der Waals surface area contributed by atoms with Gasteiger partial charge in [-0.05, 0) is 43.4 Å².